The summed E-state index contributed by atoms with van der Waals surface area (Å²) in [6, 6.07) is 14.9. The molecule has 0 spiro atoms. The van der Waals surface area contributed by atoms with Gasteiger partial charge in [-0.15, -0.1) is 0 Å². The maximum absolute atomic E-state index is 12.0. The van der Waals surface area contributed by atoms with Crippen molar-refractivity contribution in [1.82, 2.24) is 4.57 Å². The molecular weight excluding hydrogens is 292 g/mol. The number of ether oxygens (including phenoxy) is 1. The third kappa shape index (κ3) is 4.55. The second-order valence-corrected chi connectivity index (χ2v) is 5.20. The topological polar surface area (TPSA) is 72.1 Å². The Hall–Kier alpha value is -2.87. The molecule has 0 aliphatic heterocycles. The fourth-order valence-corrected chi connectivity index (χ4v) is 2.23. The quantitative estimate of drug-likeness (QED) is 0.606. The molecule has 1 aromatic carbocycles. The Morgan fingerprint density at radius 3 is 2.65 bits per heavy atom. The average Bonchev–Trinajstić information content (AvgIpc) is 2.56. The first-order valence-corrected chi connectivity index (χ1v) is 7.42. The lowest BCUT2D eigenvalue weighted by Gasteiger charge is -2.10. The molecule has 0 fully saturated rings. The highest BCUT2D eigenvalue weighted by Crippen LogP contribution is 2.03. The first-order chi connectivity index (χ1) is 11.1. The first-order valence-electron chi connectivity index (χ1n) is 7.42. The van der Waals surface area contributed by atoms with Crippen molar-refractivity contribution in [3.8, 4) is 6.07 Å². The highest BCUT2D eigenvalue weighted by Gasteiger charge is 2.11. The molecule has 0 bridgehead atoms. The molecule has 0 saturated carbocycles. The van der Waals surface area contributed by atoms with Crippen LogP contribution in [-0.2, 0) is 22.5 Å². The zero-order chi connectivity index (χ0) is 16.7. The van der Waals surface area contributed by atoms with Crippen LogP contribution >= 0.6 is 0 Å². The SMILES string of the molecule is Cc1ccc(C#N)c(=O)n1CC(=O)OCCCc1ccccc1. The molecule has 1 aromatic heterocycles. The average molecular weight is 310 g/mol. The molecule has 5 nitrogen and oxygen atoms in total. The van der Waals surface area contributed by atoms with Crippen LogP contribution < -0.4 is 5.56 Å². The number of carbonyl (C=O) groups is 1. The Balaban J connectivity index is 1.86. The third-order valence-electron chi connectivity index (χ3n) is 3.52. The van der Waals surface area contributed by atoms with Gasteiger partial charge in [-0.25, -0.2) is 0 Å². The number of benzene rings is 1. The van der Waals surface area contributed by atoms with E-state index in [2.05, 4.69) is 0 Å². The Morgan fingerprint density at radius 1 is 1.22 bits per heavy atom. The molecule has 23 heavy (non-hydrogen) atoms. The summed E-state index contributed by atoms with van der Waals surface area (Å²) < 4.78 is 6.43. The van der Waals surface area contributed by atoms with Crippen LogP contribution in [-0.4, -0.2) is 17.1 Å². The van der Waals surface area contributed by atoms with Gasteiger partial charge in [0.15, 0.2) is 0 Å². The molecule has 0 aliphatic carbocycles. The normalized spacial score (nSPS) is 10.1. The maximum atomic E-state index is 12.0. The number of hydrogen-bond acceptors (Lipinski definition) is 4. The van der Waals surface area contributed by atoms with Gasteiger partial charge in [0, 0.05) is 5.69 Å². The van der Waals surface area contributed by atoms with Gasteiger partial charge in [0.05, 0.1) is 6.61 Å². The van der Waals surface area contributed by atoms with Crippen LogP contribution in [0.1, 0.15) is 23.2 Å². The molecule has 0 unspecified atom stereocenters. The van der Waals surface area contributed by atoms with Gasteiger partial charge in [-0.1, -0.05) is 30.3 Å². The Labute approximate surface area is 134 Å². The summed E-state index contributed by atoms with van der Waals surface area (Å²) in [5.41, 5.74) is 1.37. The second-order valence-electron chi connectivity index (χ2n) is 5.20. The molecule has 1 heterocycles. The van der Waals surface area contributed by atoms with Crippen LogP contribution in [0.4, 0.5) is 0 Å². The summed E-state index contributed by atoms with van der Waals surface area (Å²) in [4.78, 5) is 23.9. The number of esters is 1. The standard InChI is InChI=1S/C18H18N2O3/c1-14-9-10-16(12-19)18(22)20(14)13-17(21)23-11-5-8-15-6-3-2-4-7-15/h2-4,6-7,9-10H,5,8,11,13H2,1H3. The van der Waals surface area contributed by atoms with Crippen LogP contribution in [0, 0.1) is 18.3 Å². The predicted octanol–water partition coefficient (Wildman–Crippen LogP) is 2.20. The van der Waals surface area contributed by atoms with Gasteiger partial charge < -0.3 is 9.30 Å². The van der Waals surface area contributed by atoms with Crippen molar-refractivity contribution in [3.05, 3.63) is 69.6 Å². The predicted molar refractivity (Wildman–Crippen MR) is 85.9 cm³/mol. The van der Waals surface area contributed by atoms with E-state index in [-0.39, 0.29) is 12.1 Å². The Kier molecular flexibility index (Phi) is 5.70. The zero-order valence-corrected chi connectivity index (χ0v) is 13.0. The van der Waals surface area contributed by atoms with E-state index in [1.54, 1.807) is 13.0 Å². The Bertz CT molecular complexity index is 773. The number of hydrogen-bond donors (Lipinski definition) is 0. The lowest BCUT2D eigenvalue weighted by atomic mass is 10.1. The second kappa shape index (κ2) is 7.95. The molecule has 0 atom stereocenters. The van der Waals surface area contributed by atoms with Crippen LogP contribution in [0.15, 0.2) is 47.3 Å². The lowest BCUT2D eigenvalue weighted by Crippen LogP contribution is -2.28. The third-order valence-corrected chi connectivity index (χ3v) is 3.52. The minimum atomic E-state index is -0.474. The number of carbonyl (C=O) groups excluding carboxylic acids is 1. The molecule has 0 amide bonds. The monoisotopic (exact) mass is 310 g/mol. The molecule has 5 heteroatoms. The molecule has 2 aromatic rings. The zero-order valence-electron chi connectivity index (χ0n) is 13.0. The summed E-state index contributed by atoms with van der Waals surface area (Å²) in [5, 5.41) is 8.87. The van der Waals surface area contributed by atoms with Gasteiger partial charge in [0.25, 0.3) is 5.56 Å². The van der Waals surface area contributed by atoms with Gasteiger partial charge in [0.2, 0.25) is 0 Å². The minimum Gasteiger partial charge on any atom is -0.464 e. The number of aromatic nitrogens is 1. The Morgan fingerprint density at radius 2 is 1.96 bits per heavy atom. The number of rotatable bonds is 6. The van der Waals surface area contributed by atoms with E-state index in [4.69, 9.17) is 10.00 Å². The molecule has 2 rings (SSSR count). The van der Waals surface area contributed by atoms with E-state index in [9.17, 15) is 9.59 Å². The van der Waals surface area contributed by atoms with E-state index in [0.29, 0.717) is 12.3 Å². The van der Waals surface area contributed by atoms with Crippen molar-refractivity contribution in [2.75, 3.05) is 6.61 Å². The number of aryl methyl sites for hydroxylation is 2. The van der Waals surface area contributed by atoms with Crippen LogP contribution in [0.3, 0.4) is 0 Å². The largest absolute Gasteiger partial charge is 0.464 e. The van der Waals surface area contributed by atoms with Crippen molar-refractivity contribution in [2.24, 2.45) is 0 Å². The number of nitriles is 1. The van der Waals surface area contributed by atoms with E-state index < -0.39 is 11.5 Å². The van der Waals surface area contributed by atoms with Gasteiger partial charge in [-0.05, 0) is 37.5 Å². The fourth-order valence-electron chi connectivity index (χ4n) is 2.23. The number of pyridine rings is 1. The molecule has 0 saturated heterocycles. The van der Waals surface area contributed by atoms with Gasteiger partial charge in [-0.3, -0.25) is 9.59 Å². The summed E-state index contributed by atoms with van der Waals surface area (Å²) in [6.07, 6.45) is 1.55. The maximum Gasteiger partial charge on any atom is 0.326 e. The fraction of sp³-hybridized carbons (Fsp3) is 0.278. The minimum absolute atomic E-state index is 0.0208. The highest BCUT2D eigenvalue weighted by atomic mass is 16.5. The van der Waals surface area contributed by atoms with Crippen molar-refractivity contribution >= 4 is 5.97 Å². The lowest BCUT2D eigenvalue weighted by molar-refractivity contribution is -0.144. The molecular formula is C18H18N2O3. The highest BCUT2D eigenvalue weighted by molar-refractivity contribution is 5.69. The first kappa shape index (κ1) is 16.5. The molecule has 0 radical (unpaired) electrons. The summed E-state index contributed by atoms with van der Waals surface area (Å²) in [6.45, 7) is 1.84. The van der Waals surface area contributed by atoms with Crippen molar-refractivity contribution < 1.29 is 9.53 Å². The summed E-state index contributed by atoms with van der Waals surface area (Å²) in [5.74, 6) is -0.474. The smallest absolute Gasteiger partial charge is 0.326 e. The van der Waals surface area contributed by atoms with Gasteiger partial charge in [-0.2, -0.15) is 5.26 Å². The van der Waals surface area contributed by atoms with Gasteiger partial charge in [0.1, 0.15) is 18.2 Å². The summed E-state index contributed by atoms with van der Waals surface area (Å²) in [7, 11) is 0. The van der Waals surface area contributed by atoms with E-state index in [0.717, 1.165) is 12.8 Å². The van der Waals surface area contributed by atoms with E-state index in [1.807, 2.05) is 36.4 Å². The van der Waals surface area contributed by atoms with E-state index >= 15 is 0 Å². The molecule has 118 valence electrons. The molecule has 0 N–H and O–H groups in total. The van der Waals surface area contributed by atoms with E-state index in [1.165, 1.54) is 16.2 Å². The van der Waals surface area contributed by atoms with Crippen LogP contribution in [0.5, 0.6) is 0 Å². The van der Waals surface area contributed by atoms with Crippen molar-refractivity contribution in [3.63, 3.8) is 0 Å². The number of nitrogens with zero attached hydrogens (tertiary/aromatic N) is 2. The van der Waals surface area contributed by atoms with Gasteiger partial charge >= 0.3 is 5.97 Å². The van der Waals surface area contributed by atoms with Crippen LogP contribution in [0.2, 0.25) is 0 Å². The summed E-state index contributed by atoms with van der Waals surface area (Å²) >= 11 is 0. The van der Waals surface area contributed by atoms with Crippen molar-refractivity contribution in [2.45, 2.75) is 26.3 Å². The van der Waals surface area contributed by atoms with Crippen molar-refractivity contribution in [1.29, 1.82) is 5.26 Å². The van der Waals surface area contributed by atoms with Crippen LogP contribution in [0.25, 0.3) is 0 Å². The molecule has 0 aliphatic rings.